The normalized spacial score (nSPS) is 18.8. The Kier molecular flexibility index (Phi) is 4.39. The summed E-state index contributed by atoms with van der Waals surface area (Å²) in [7, 11) is 2.14. The minimum absolute atomic E-state index is 0.276. The first-order chi connectivity index (χ1) is 11.0. The van der Waals surface area contributed by atoms with Crippen molar-refractivity contribution in [1.29, 1.82) is 0 Å². The Morgan fingerprint density at radius 1 is 1.30 bits per heavy atom. The van der Waals surface area contributed by atoms with Crippen LogP contribution in [0.3, 0.4) is 0 Å². The molecule has 3 rings (SSSR count). The summed E-state index contributed by atoms with van der Waals surface area (Å²) >= 11 is 0. The summed E-state index contributed by atoms with van der Waals surface area (Å²) in [5.41, 5.74) is 2.95. The zero-order valence-corrected chi connectivity index (χ0v) is 13.5. The lowest BCUT2D eigenvalue weighted by molar-refractivity contribution is 0.0697. The molecule has 1 fully saturated rings. The fourth-order valence-electron chi connectivity index (χ4n) is 3.17. The smallest absolute Gasteiger partial charge is 0.335 e. The second-order valence-electron chi connectivity index (χ2n) is 6.21. The van der Waals surface area contributed by atoms with Gasteiger partial charge in [0.05, 0.1) is 11.3 Å². The Balaban J connectivity index is 1.97. The number of carbonyl (C=O) groups is 1. The number of aromatic nitrogens is 2. The Labute approximate surface area is 136 Å². The monoisotopic (exact) mass is 311 g/mol. The molecule has 1 aliphatic heterocycles. The molecule has 0 radical (unpaired) electrons. The molecule has 1 N–H and O–H groups in total. The molecule has 0 amide bonds. The Morgan fingerprint density at radius 3 is 2.87 bits per heavy atom. The third kappa shape index (κ3) is 3.56. The van der Waals surface area contributed by atoms with Crippen LogP contribution in [-0.4, -0.2) is 46.1 Å². The summed E-state index contributed by atoms with van der Waals surface area (Å²) < 4.78 is 0. The van der Waals surface area contributed by atoms with Crippen molar-refractivity contribution < 1.29 is 9.90 Å². The number of hydrogen-bond acceptors (Lipinski definition) is 4. The average molecular weight is 311 g/mol. The highest BCUT2D eigenvalue weighted by molar-refractivity contribution is 5.89. The van der Waals surface area contributed by atoms with Gasteiger partial charge in [0, 0.05) is 23.7 Å². The number of benzene rings is 1. The van der Waals surface area contributed by atoms with Gasteiger partial charge in [-0.25, -0.2) is 14.8 Å². The minimum Gasteiger partial charge on any atom is -0.478 e. The lowest BCUT2D eigenvalue weighted by Gasteiger charge is -2.29. The first-order valence-corrected chi connectivity index (χ1v) is 7.91. The second kappa shape index (κ2) is 6.46. The van der Waals surface area contributed by atoms with Crippen molar-refractivity contribution in [3.05, 3.63) is 47.4 Å². The number of nitrogens with zero attached hydrogens (tertiary/aromatic N) is 3. The predicted octanol–water partition coefficient (Wildman–Crippen LogP) is 2.96. The van der Waals surface area contributed by atoms with E-state index >= 15 is 0 Å². The standard InChI is InChI=1S/C18H21N3O2/c1-12-19-16(13-5-3-6-14(9-13)18(22)23)10-17(20-12)15-7-4-8-21(2)11-15/h3,5-6,9-10,15H,4,7-8,11H2,1-2H3,(H,22,23)/t15-/m0/s1. The molecule has 0 bridgehead atoms. The van der Waals surface area contributed by atoms with Crippen molar-refractivity contribution in [2.75, 3.05) is 20.1 Å². The van der Waals surface area contributed by atoms with Crippen molar-refractivity contribution >= 4 is 5.97 Å². The van der Waals surface area contributed by atoms with Crippen molar-refractivity contribution in [2.45, 2.75) is 25.7 Å². The quantitative estimate of drug-likeness (QED) is 0.944. The molecule has 23 heavy (non-hydrogen) atoms. The molecular weight excluding hydrogens is 290 g/mol. The number of aryl methyl sites for hydroxylation is 1. The van der Waals surface area contributed by atoms with E-state index in [2.05, 4.69) is 21.9 Å². The number of likely N-dealkylation sites (tertiary alicyclic amines) is 1. The first kappa shape index (κ1) is 15.6. The zero-order valence-electron chi connectivity index (χ0n) is 13.5. The Hall–Kier alpha value is -2.27. The van der Waals surface area contributed by atoms with Crippen LogP contribution in [0.4, 0.5) is 0 Å². The maximum Gasteiger partial charge on any atom is 0.335 e. The van der Waals surface area contributed by atoms with E-state index in [1.807, 2.05) is 19.1 Å². The molecule has 120 valence electrons. The van der Waals surface area contributed by atoms with E-state index in [1.165, 1.54) is 6.42 Å². The van der Waals surface area contributed by atoms with Gasteiger partial charge in [-0.3, -0.25) is 0 Å². The molecule has 1 aromatic carbocycles. The number of carboxylic acids is 1. The van der Waals surface area contributed by atoms with Crippen LogP contribution in [0, 0.1) is 6.92 Å². The topological polar surface area (TPSA) is 66.3 Å². The third-order valence-electron chi connectivity index (χ3n) is 4.31. The lowest BCUT2D eigenvalue weighted by Crippen LogP contribution is -2.31. The van der Waals surface area contributed by atoms with Gasteiger partial charge in [0.25, 0.3) is 0 Å². The molecule has 1 atom stereocenters. The minimum atomic E-state index is -0.924. The average Bonchev–Trinajstić information content (AvgIpc) is 2.54. The maximum atomic E-state index is 11.2. The zero-order chi connectivity index (χ0) is 16.4. The molecule has 1 saturated heterocycles. The van der Waals surface area contributed by atoms with Crippen LogP contribution < -0.4 is 0 Å². The van der Waals surface area contributed by atoms with E-state index < -0.39 is 5.97 Å². The van der Waals surface area contributed by atoms with Gasteiger partial charge in [0.2, 0.25) is 0 Å². The van der Waals surface area contributed by atoms with Gasteiger partial charge in [-0.05, 0) is 51.6 Å². The molecule has 5 nitrogen and oxygen atoms in total. The highest BCUT2D eigenvalue weighted by Crippen LogP contribution is 2.28. The van der Waals surface area contributed by atoms with E-state index in [9.17, 15) is 4.79 Å². The summed E-state index contributed by atoms with van der Waals surface area (Å²) in [5, 5.41) is 9.16. The number of hydrogen-bond donors (Lipinski definition) is 1. The van der Waals surface area contributed by atoms with Gasteiger partial charge in [-0.2, -0.15) is 0 Å². The van der Waals surface area contributed by atoms with Crippen LogP contribution in [0.15, 0.2) is 30.3 Å². The number of carboxylic acid groups (broad SMARTS) is 1. The first-order valence-electron chi connectivity index (χ1n) is 7.91. The molecular formula is C18H21N3O2. The van der Waals surface area contributed by atoms with E-state index in [0.29, 0.717) is 5.92 Å². The Bertz CT molecular complexity index is 730. The van der Waals surface area contributed by atoms with E-state index in [-0.39, 0.29) is 5.56 Å². The second-order valence-corrected chi connectivity index (χ2v) is 6.21. The van der Waals surface area contributed by atoms with Crippen LogP contribution in [0.25, 0.3) is 11.3 Å². The number of likely N-dealkylation sites (N-methyl/N-ethyl adjacent to an activating group) is 1. The van der Waals surface area contributed by atoms with Crippen molar-refractivity contribution in [3.63, 3.8) is 0 Å². The fourth-order valence-corrected chi connectivity index (χ4v) is 3.17. The van der Waals surface area contributed by atoms with Gasteiger partial charge in [-0.1, -0.05) is 12.1 Å². The summed E-state index contributed by atoms with van der Waals surface area (Å²) in [6.07, 6.45) is 2.31. The molecule has 1 aromatic heterocycles. The van der Waals surface area contributed by atoms with Gasteiger partial charge in [0.1, 0.15) is 5.82 Å². The molecule has 0 spiro atoms. The van der Waals surface area contributed by atoms with Crippen LogP contribution in [0.2, 0.25) is 0 Å². The molecule has 2 heterocycles. The summed E-state index contributed by atoms with van der Waals surface area (Å²) in [4.78, 5) is 22.6. The van der Waals surface area contributed by atoms with Crippen molar-refractivity contribution in [1.82, 2.24) is 14.9 Å². The number of piperidine rings is 1. The largest absolute Gasteiger partial charge is 0.478 e. The van der Waals surface area contributed by atoms with Crippen LogP contribution in [-0.2, 0) is 0 Å². The van der Waals surface area contributed by atoms with Gasteiger partial charge in [0.15, 0.2) is 0 Å². The van der Waals surface area contributed by atoms with E-state index in [4.69, 9.17) is 5.11 Å². The molecule has 0 aliphatic carbocycles. The van der Waals surface area contributed by atoms with Gasteiger partial charge >= 0.3 is 5.97 Å². The SMILES string of the molecule is Cc1nc(-c2cccc(C(=O)O)c2)cc([C@H]2CCCN(C)C2)n1. The molecule has 5 heteroatoms. The lowest BCUT2D eigenvalue weighted by atomic mass is 9.94. The van der Waals surface area contributed by atoms with E-state index in [0.717, 1.165) is 42.3 Å². The van der Waals surface area contributed by atoms with E-state index in [1.54, 1.807) is 18.2 Å². The molecule has 2 aromatic rings. The van der Waals surface area contributed by atoms with Crippen molar-refractivity contribution in [3.8, 4) is 11.3 Å². The molecule has 0 unspecified atom stereocenters. The van der Waals surface area contributed by atoms with Crippen molar-refractivity contribution in [2.24, 2.45) is 0 Å². The highest BCUT2D eigenvalue weighted by Gasteiger charge is 2.21. The summed E-state index contributed by atoms with van der Waals surface area (Å²) in [5.74, 6) is 0.218. The van der Waals surface area contributed by atoms with Crippen LogP contribution >= 0.6 is 0 Å². The fraction of sp³-hybridized carbons (Fsp3) is 0.389. The number of aromatic carboxylic acids is 1. The maximum absolute atomic E-state index is 11.2. The number of rotatable bonds is 3. The van der Waals surface area contributed by atoms with Crippen LogP contribution in [0.1, 0.15) is 40.6 Å². The van der Waals surface area contributed by atoms with Gasteiger partial charge < -0.3 is 10.0 Å². The highest BCUT2D eigenvalue weighted by atomic mass is 16.4. The molecule has 0 saturated carbocycles. The third-order valence-corrected chi connectivity index (χ3v) is 4.31. The van der Waals surface area contributed by atoms with Crippen LogP contribution in [0.5, 0.6) is 0 Å². The van der Waals surface area contributed by atoms with Gasteiger partial charge in [-0.15, -0.1) is 0 Å². The molecule has 1 aliphatic rings. The predicted molar refractivity (Wildman–Crippen MR) is 88.6 cm³/mol. The summed E-state index contributed by atoms with van der Waals surface area (Å²) in [6.45, 7) is 4.03. The summed E-state index contributed by atoms with van der Waals surface area (Å²) in [6, 6.07) is 8.92. The Morgan fingerprint density at radius 2 is 2.13 bits per heavy atom.